The number of benzene rings is 1. The van der Waals surface area contributed by atoms with Crippen molar-refractivity contribution in [2.24, 2.45) is 0 Å². The summed E-state index contributed by atoms with van der Waals surface area (Å²) in [5, 5.41) is 8.68. The Hall–Kier alpha value is -2.28. The van der Waals surface area contributed by atoms with E-state index in [1.54, 1.807) is 0 Å². The maximum atomic E-state index is 11.5. The van der Waals surface area contributed by atoms with Crippen molar-refractivity contribution in [3.05, 3.63) is 35.9 Å². The van der Waals surface area contributed by atoms with Crippen molar-refractivity contribution >= 4 is 12.2 Å². The first-order chi connectivity index (χ1) is 12.4. The third kappa shape index (κ3) is 12.1. The topological polar surface area (TPSA) is 88.7 Å². The molecule has 0 saturated carbocycles. The zero-order valence-corrected chi connectivity index (χ0v) is 16.0. The van der Waals surface area contributed by atoms with Gasteiger partial charge in [-0.1, -0.05) is 30.3 Å². The molecular formula is C19H31N3O4. The highest BCUT2D eigenvalue weighted by Gasteiger charge is 2.15. The Morgan fingerprint density at radius 3 is 2.04 bits per heavy atom. The highest BCUT2D eigenvalue weighted by Crippen LogP contribution is 2.06. The molecule has 1 rings (SSSR count). The minimum absolute atomic E-state index is 0.273. The molecule has 0 fully saturated rings. The number of ether oxygens (including phenoxy) is 2. The fourth-order valence-corrected chi connectivity index (χ4v) is 2.02. The molecule has 0 unspecified atom stereocenters. The van der Waals surface area contributed by atoms with E-state index in [0.29, 0.717) is 13.1 Å². The van der Waals surface area contributed by atoms with Crippen molar-refractivity contribution in [1.82, 2.24) is 16.0 Å². The normalized spacial score (nSPS) is 10.9. The SMILES string of the molecule is CC(C)(C)OC(=O)NCCCNCCCNC(=O)OCc1ccccc1. The molecule has 0 heterocycles. The molecule has 0 radical (unpaired) electrons. The van der Waals surface area contributed by atoms with E-state index < -0.39 is 17.8 Å². The quantitative estimate of drug-likeness (QED) is 0.555. The number of hydrogen-bond donors (Lipinski definition) is 3. The van der Waals surface area contributed by atoms with E-state index in [1.807, 2.05) is 51.1 Å². The molecule has 2 amide bonds. The largest absolute Gasteiger partial charge is 0.445 e. The molecule has 0 aliphatic heterocycles. The molecule has 0 bridgehead atoms. The number of rotatable bonds is 10. The summed E-state index contributed by atoms with van der Waals surface area (Å²) in [6, 6.07) is 9.56. The van der Waals surface area contributed by atoms with E-state index in [9.17, 15) is 9.59 Å². The Morgan fingerprint density at radius 2 is 1.46 bits per heavy atom. The zero-order chi connectivity index (χ0) is 19.3. The number of carbonyl (C=O) groups is 2. The fourth-order valence-electron chi connectivity index (χ4n) is 2.02. The van der Waals surface area contributed by atoms with Crippen LogP contribution in [0, 0.1) is 0 Å². The van der Waals surface area contributed by atoms with Crippen molar-refractivity contribution in [3.8, 4) is 0 Å². The summed E-state index contributed by atoms with van der Waals surface area (Å²) in [6.45, 7) is 8.46. The molecule has 0 atom stereocenters. The second kappa shape index (κ2) is 12.1. The number of hydrogen-bond acceptors (Lipinski definition) is 5. The predicted molar refractivity (Wildman–Crippen MR) is 101 cm³/mol. The van der Waals surface area contributed by atoms with Gasteiger partial charge >= 0.3 is 12.2 Å². The summed E-state index contributed by atoms with van der Waals surface area (Å²) < 4.78 is 10.3. The van der Waals surface area contributed by atoms with Crippen molar-refractivity contribution in [2.45, 2.75) is 45.8 Å². The first-order valence-electron chi connectivity index (χ1n) is 8.99. The summed E-state index contributed by atoms with van der Waals surface area (Å²) in [7, 11) is 0. The van der Waals surface area contributed by atoms with Gasteiger partial charge < -0.3 is 25.4 Å². The van der Waals surface area contributed by atoms with Gasteiger partial charge in [-0.15, -0.1) is 0 Å². The van der Waals surface area contributed by atoms with Gasteiger partial charge in [-0.25, -0.2) is 9.59 Å². The molecule has 1 aromatic carbocycles. The van der Waals surface area contributed by atoms with Crippen LogP contribution in [0.2, 0.25) is 0 Å². The van der Waals surface area contributed by atoms with Crippen LogP contribution in [0.15, 0.2) is 30.3 Å². The van der Waals surface area contributed by atoms with E-state index in [-0.39, 0.29) is 6.61 Å². The third-order valence-corrected chi connectivity index (χ3v) is 3.21. The average Bonchev–Trinajstić information content (AvgIpc) is 2.58. The van der Waals surface area contributed by atoms with Crippen LogP contribution in [0.1, 0.15) is 39.2 Å². The Balaban J connectivity index is 1.90. The molecule has 0 spiro atoms. The van der Waals surface area contributed by atoms with Crippen LogP contribution >= 0.6 is 0 Å². The number of nitrogens with one attached hydrogen (secondary N) is 3. The third-order valence-electron chi connectivity index (χ3n) is 3.21. The lowest BCUT2D eigenvalue weighted by Gasteiger charge is -2.19. The number of amides is 2. The molecule has 1 aromatic rings. The molecule has 0 aromatic heterocycles. The van der Waals surface area contributed by atoms with Crippen LogP contribution in [0.25, 0.3) is 0 Å². The van der Waals surface area contributed by atoms with Gasteiger partial charge in [0.15, 0.2) is 0 Å². The number of alkyl carbamates (subject to hydrolysis) is 2. The Kier molecular flexibility index (Phi) is 10.2. The molecular weight excluding hydrogens is 334 g/mol. The van der Waals surface area contributed by atoms with E-state index in [0.717, 1.165) is 31.5 Å². The molecule has 7 heteroatoms. The van der Waals surface area contributed by atoms with Gasteiger partial charge in [0.05, 0.1) is 0 Å². The zero-order valence-electron chi connectivity index (χ0n) is 16.0. The second-order valence-electron chi connectivity index (χ2n) is 6.87. The van der Waals surface area contributed by atoms with E-state index in [4.69, 9.17) is 9.47 Å². The smallest absolute Gasteiger partial charge is 0.407 e. The van der Waals surface area contributed by atoms with E-state index in [2.05, 4.69) is 16.0 Å². The highest BCUT2D eigenvalue weighted by atomic mass is 16.6. The summed E-state index contributed by atoms with van der Waals surface area (Å²) >= 11 is 0. The Morgan fingerprint density at radius 1 is 0.885 bits per heavy atom. The first-order valence-corrected chi connectivity index (χ1v) is 8.99. The lowest BCUT2D eigenvalue weighted by molar-refractivity contribution is 0.0527. The standard InChI is InChI=1S/C19H31N3O4/c1-19(2,3)26-18(24)22-14-8-12-20-11-7-13-21-17(23)25-15-16-9-5-4-6-10-16/h4-6,9-10,20H,7-8,11-15H2,1-3H3,(H,21,23)(H,22,24). The van der Waals surface area contributed by atoms with Gasteiger partial charge in [-0.05, 0) is 52.3 Å². The van der Waals surface area contributed by atoms with Crippen molar-refractivity contribution in [1.29, 1.82) is 0 Å². The molecule has 146 valence electrons. The van der Waals surface area contributed by atoms with Crippen LogP contribution in [-0.4, -0.2) is 44.0 Å². The summed E-state index contributed by atoms with van der Waals surface area (Å²) in [4.78, 5) is 23.0. The average molecular weight is 365 g/mol. The minimum atomic E-state index is -0.475. The van der Waals surface area contributed by atoms with Crippen LogP contribution in [0.5, 0.6) is 0 Å². The molecule has 3 N–H and O–H groups in total. The molecule has 0 saturated heterocycles. The van der Waals surface area contributed by atoms with Crippen molar-refractivity contribution < 1.29 is 19.1 Å². The predicted octanol–water partition coefficient (Wildman–Crippen LogP) is 2.81. The van der Waals surface area contributed by atoms with E-state index in [1.165, 1.54) is 0 Å². The summed E-state index contributed by atoms with van der Waals surface area (Å²) in [5.41, 5.74) is 0.488. The second-order valence-corrected chi connectivity index (χ2v) is 6.87. The molecule has 0 aliphatic rings. The maximum absolute atomic E-state index is 11.5. The van der Waals surface area contributed by atoms with Gasteiger partial charge in [0.25, 0.3) is 0 Å². The van der Waals surface area contributed by atoms with E-state index >= 15 is 0 Å². The molecule has 0 aliphatic carbocycles. The molecule has 7 nitrogen and oxygen atoms in total. The van der Waals surface area contributed by atoms with Crippen molar-refractivity contribution in [3.63, 3.8) is 0 Å². The lowest BCUT2D eigenvalue weighted by atomic mass is 10.2. The first kappa shape index (κ1) is 21.8. The van der Waals surface area contributed by atoms with Gasteiger partial charge in [-0.2, -0.15) is 0 Å². The van der Waals surface area contributed by atoms with Gasteiger partial charge in [0.2, 0.25) is 0 Å². The fraction of sp³-hybridized carbons (Fsp3) is 0.579. The summed E-state index contributed by atoms with van der Waals surface area (Å²) in [6.07, 6.45) is 0.817. The Bertz CT molecular complexity index is 529. The minimum Gasteiger partial charge on any atom is -0.445 e. The van der Waals surface area contributed by atoms with Crippen LogP contribution in [0.4, 0.5) is 9.59 Å². The molecule has 26 heavy (non-hydrogen) atoms. The maximum Gasteiger partial charge on any atom is 0.407 e. The Labute approximate surface area is 155 Å². The number of carbonyl (C=O) groups excluding carboxylic acids is 2. The van der Waals surface area contributed by atoms with Crippen LogP contribution < -0.4 is 16.0 Å². The van der Waals surface area contributed by atoms with Crippen molar-refractivity contribution in [2.75, 3.05) is 26.2 Å². The lowest BCUT2D eigenvalue weighted by Crippen LogP contribution is -2.34. The van der Waals surface area contributed by atoms with Crippen LogP contribution in [-0.2, 0) is 16.1 Å². The van der Waals surface area contributed by atoms with Crippen LogP contribution in [0.3, 0.4) is 0 Å². The monoisotopic (exact) mass is 365 g/mol. The van der Waals surface area contributed by atoms with Gasteiger partial charge in [0.1, 0.15) is 12.2 Å². The van der Waals surface area contributed by atoms with Gasteiger partial charge in [0, 0.05) is 13.1 Å². The summed E-state index contributed by atoms with van der Waals surface area (Å²) in [5.74, 6) is 0. The van der Waals surface area contributed by atoms with Gasteiger partial charge in [-0.3, -0.25) is 0 Å². The highest BCUT2D eigenvalue weighted by molar-refractivity contribution is 5.67.